The second kappa shape index (κ2) is 6.65. The van der Waals surface area contributed by atoms with E-state index in [9.17, 15) is 0 Å². The summed E-state index contributed by atoms with van der Waals surface area (Å²) in [7, 11) is 0. The van der Waals surface area contributed by atoms with Gasteiger partial charge in [-0.15, -0.1) is 0 Å². The van der Waals surface area contributed by atoms with Crippen molar-refractivity contribution in [3.63, 3.8) is 0 Å². The number of hydrogen-bond donors (Lipinski definition) is 0. The Morgan fingerprint density at radius 2 is 1.86 bits per heavy atom. The van der Waals surface area contributed by atoms with Gasteiger partial charge in [0.15, 0.2) is 0 Å². The number of halogens is 1. The van der Waals surface area contributed by atoms with Crippen LogP contribution < -0.4 is 4.74 Å². The summed E-state index contributed by atoms with van der Waals surface area (Å²) in [5.41, 5.74) is 5.64. The Morgan fingerprint density at radius 3 is 2.71 bits per heavy atom. The van der Waals surface area contributed by atoms with Crippen LogP contribution in [0.25, 0.3) is 0 Å². The molecule has 1 aliphatic carbocycles. The Balaban J connectivity index is 1.82. The molecule has 1 atom stereocenters. The van der Waals surface area contributed by atoms with E-state index in [1.807, 2.05) is 6.07 Å². The lowest BCUT2D eigenvalue weighted by atomic mass is 10.0. The van der Waals surface area contributed by atoms with Crippen molar-refractivity contribution in [1.29, 1.82) is 0 Å². The average Bonchev–Trinajstić information content (AvgIpc) is 3.00. The third-order valence-corrected chi connectivity index (χ3v) is 5.10. The third kappa shape index (κ3) is 3.32. The molecule has 0 spiro atoms. The van der Waals surface area contributed by atoms with Crippen LogP contribution in [0.5, 0.6) is 5.75 Å². The first-order chi connectivity index (χ1) is 10.3. The second-order valence-corrected chi connectivity index (χ2v) is 6.58. The number of fused-ring (bicyclic) bond motifs is 1. The first-order valence-corrected chi connectivity index (χ1v) is 8.68. The highest BCUT2D eigenvalue weighted by Gasteiger charge is 2.16. The highest BCUT2D eigenvalue weighted by atomic mass is 79.9. The fourth-order valence-electron chi connectivity index (χ4n) is 2.92. The van der Waals surface area contributed by atoms with Crippen LogP contribution in [0.1, 0.15) is 46.8 Å². The van der Waals surface area contributed by atoms with Gasteiger partial charge in [0.25, 0.3) is 0 Å². The van der Waals surface area contributed by atoms with Crippen molar-refractivity contribution in [1.82, 2.24) is 0 Å². The van der Waals surface area contributed by atoms with Gasteiger partial charge in [0, 0.05) is 0 Å². The maximum Gasteiger partial charge on any atom is 0.119 e. The fraction of sp³-hybridized carbons (Fsp3) is 0.368. The minimum Gasteiger partial charge on any atom is -0.494 e. The largest absolute Gasteiger partial charge is 0.494 e. The van der Waals surface area contributed by atoms with E-state index in [-0.39, 0.29) is 4.83 Å². The molecule has 1 aliphatic rings. The molecule has 0 radical (unpaired) electrons. The van der Waals surface area contributed by atoms with Crippen LogP contribution in [0.4, 0.5) is 0 Å². The van der Waals surface area contributed by atoms with Crippen molar-refractivity contribution in [3.8, 4) is 5.75 Å². The van der Waals surface area contributed by atoms with Gasteiger partial charge >= 0.3 is 0 Å². The molecule has 21 heavy (non-hydrogen) atoms. The molecule has 2 aromatic carbocycles. The standard InChI is InChI=1S/C19H21BrO/c1-2-11-21-18-8-4-7-16(13-18)19(20)17-10-9-14-5-3-6-15(14)12-17/h4,7-10,12-13,19H,2-3,5-6,11H2,1H3. The van der Waals surface area contributed by atoms with E-state index in [4.69, 9.17) is 4.74 Å². The lowest BCUT2D eigenvalue weighted by Gasteiger charge is -2.14. The number of alkyl halides is 1. The molecule has 0 aromatic heterocycles. The second-order valence-electron chi connectivity index (χ2n) is 5.67. The van der Waals surface area contributed by atoms with Crippen molar-refractivity contribution >= 4 is 15.9 Å². The van der Waals surface area contributed by atoms with Gasteiger partial charge in [-0.3, -0.25) is 0 Å². The SMILES string of the molecule is CCCOc1cccc(C(Br)c2ccc3c(c2)CCC3)c1. The molecular weight excluding hydrogens is 324 g/mol. The van der Waals surface area contributed by atoms with Crippen LogP contribution in [0, 0.1) is 0 Å². The molecule has 1 unspecified atom stereocenters. The predicted molar refractivity (Wildman–Crippen MR) is 91.5 cm³/mol. The number of aryl methyl sites for hydroxylation is 2. The van der Waals surface area contributed by atoms with Gasteiger partial charge in [0.2, 0.25) is 0 Å². The normalized spacial score (nSPS) is 14.8. The van der Waals surface area contributed by atoms with Crippen LogP contribution >= 0.6 is 15.9 Å². The number of hydrogen-bond acceptors (Lipinski definition) is 1. The van der Waals surface area contributed by atoms with E-state index in [1.165, 1.54) is 41.5 Å². The molecule has 2 aromatic rings. The van der Waals surface area contributed by atoms with Crippen molar-refractivity contribution in [2.24, 2.45) is 0 Å². The van der Waals surface area contributed by atoms with E-state index < -0.39 is 0 Å². The van der Waals surface area contributed by atoms with E-state index in [1.54, 1.807) is 0 Å². The van der Waals surface area contributed by atoms with Crippen LogP contribution in [0.3, 0.4) is 0 Å². The van der Waals surface area contributed by atoms with Gasteiger partial charge in [-0.25, -0.2) is 0 Å². The van der Waals surface area contributed by atoms with Crippen molar-refractivity contribution in [3.05, 3.63) is 64.7 Å². The van der Waals surface area contributed by atoms with Gasteiger partial charge in [-0.1, -0.05) is 53.2 Å². The monoisotopic (exact) mass is 344 g/mol. The topological polar surface area (TPSA) is 9.23 Å². The van der Waals surface area contributed by atoms with Crippen LogP contribution in [-0.4, -0.2) is 6.61 Å². The maximum absolute atomic E-state index is 5.74. The molecule has 0 aliphatic heterocycles. The summed E-state index contributed by atoms with van der Waals surface area (Å²) < 4.78 is 5.74. The molecule has 110 valence electrons. The smallest absolute Gasteiger partial charge is 0.119 e. The Hall–Kier alpha value is -1.28. The summed E-state index contributed by atoms with van der Waals surface area (Å²) in [4.78, 5) is 0.230. The van der Waals surface area contributed by atoms with E-state index >= 15 is 0 Å². The Labute approximate surface area is 135 Å². The van der Waals surface area contributed by atoms with Gasteiger partial charge in [-0.05, 0) is 60.1 Å². The zero-order valence-electron chi connectivity index (χ0n) is 12.4. The number of benzene rings is 2. The van der Waals surface area contributed by atoms with Gasteiger partial charge < -0.3 is 4.74 Å². The molecular formula is C19H21BrO. The molecule has 2 heteroatoms. The van der Waals surface area contributed by atoms with Gasteiger partial charge in [-0.2, -0.15) is 0 Å². The van der Waals surface area contributed by atoms with Crippen LogP contribution in [-0.2, 0) is 12.8 Å². The highest BCUT2D eigenvalue weighted by Crippen LogP contribution is 2.35. The minimum absolute atomic E-state index is 0.230. The summed E-state index contributed by atoms with van der Waals surface area (Å²) in [6.45, 7) is 2.90. The zero-order valence-corrected chi connectivity index (χ0v) is 14.0. The third-order valence-electron chi connectivity index (χ3n) is 4.04. The van der Waals surface area contributed by atoms with E-state index in [0.29, 0.717) is 0 Å². The predicted octanol–water partition coefficient (Wildman–Crippen LogP) is 5.45. The Kier molecular flexibility index (Phi) is 4.64. The summed E-state index contributed by atoms with van der Waals surface area (Å²) >= 11 is 3.85. The lowest BCUT2D eigenvalue weighted by Crippen LogP contribution is -1.98. The first-order valence-electron chi connectivity index (χ1n) is 7.76. The molecule has 0 N–H and O–H groups in total. The maximum atomic E-state index is 5.74. The summed E-state index contributed by atoms with van der Waals surface area (Å²) in [5, 5.41) is 0. The van der Waals surface area contributed by atoms with Crippen molar-refractivity contribution in [2.45, 2.75) is 37.4 Å². The fourth-order valence-corrected chi connectivity index (χ4v) is 3.49. The summed E-state index contributed by atoms with van der Waals surface area (Å²) in [5.74, 6) is 0.958. The number of rotatable bonds is 5. The summed E-state index contributed by atoms with van der Waals surface area (Å²) in [6.07, 6.45) is 4.80. The molecule has 0 amide bonds. The molecule has 0 fully saturated rings. The lowest BCUT2D eigenvalue weighted by molar-refractivity contribution is 0.317. The van der Waals surface area contributed by atoms with E-state index in [2.05, 4.69) is 59.3 Å². The first kappa shape index (κ1) is 14.6. The van der Waals surface area contributed by atoms with Crippen molar-refractivity contribution < 1.29 is 4.74 Å². The van der Waals surface area contributed by atoms with Gasteiger partial charge in [0.05, 0.1) is 11.4 Å². The summed E-state index contributed by atoms with van der Waals surface area (Å²) in [6, 6.07) is 15.3. The quantitative estimate of drug-likeness (QED) is 0.655. The van der Waals surface area contributed by atoms with Gasteiger partial charge in [0.1, 0.15) is 5.75 Å². The molecule has 0 saturated carbocycles. The van der Waals surface area contributed by atoms with E-state index in [0.717, 1.165) is 18.8 Å². The molecule has 3 rings (SSSR count). The van der Waals surface area contributed by atoms with Crippen LogP contribution in [0.15, 0.2) is 42.5 Å². The highest BCUT2D eigenvalue weighted by molar-refractivity contribution is 9.09. The van der Waals surface area contributed by atoms with Crippen molar-refractivity contribution in [2.75, 3.05) is 6.61 Å². The molecule has 0 saturated heterocycles. The average molecular weight is 345 g/mol. The zero-order chi connectivity index (χ0) is 14.7. The van der Waals surface area contributed by atoms with Crippen LogP contribution in [0.2, 0.25) is 0 Å². The molecule has 0 heterocycles. The molecule has 0 bridgehead atoms. The molecule has 1 nitrogen and oxygen atoms in total. The number of ether oxygens (including phenoxy) is 1. The minimum atomic E-state index is 0.230. The Morgan fingerprint density at radius 1 is 1.05 bits per heavy atom. The Bertz CT molecular complexity index is 621.